The van der Waals surface area contributed by atoms with Crippen molar-refractivity contribution >= 4 is 77.6 Å². The molecule has 10 rings (SSSR count). The first-order chi connectivity index (χ1) is 33.4. The summed E-state index contributed by atoms with van der Waals surface area (Å²) in [5.74, 6) is 0. The molecule has 0 radical (unpaired) electrons. The highest BCUT2D eigenvalue weighted by molar-refractivity contribution is 6.19. The lowest BCUT2D eigenvalue weighted by molar-refractivity contribution is 0.574. The van der Waals surface area contributed by atoms with Gasteiger partial charge in [0.25, 0.3) is 0 Å². The Morgan fingerprint density at radius 3 is 2.24 bits per heavy atom. The largest absolute Gasteiger partial charge is 0.456 e. The number of para-hydroxylation sites is 2. The van der Waals surface area contributed by atoms with E-state index in [1.54, 1.807) is 0 Å². The molecule has 0 fully saturated rings. The van der Waals surface area contributed by atoms with Gasteiger partial charge in [-0.1, -0.05) is 172 Å². The lowest BCUT2D eigenvalue weighted by Crippen LogP contribution is -2.31. The van der Waals surface area contributed by atoms with Gasteiger partial charge in [0.1, 0.15) is 22.2 Å². The standard InChI is InChI=1S/C64H54N2O2/c1-7-11-14-22-43(5)61-54(65(6)48-37-34-46(35-38-48)45(25-12-8-2)33-32-44-23-15-13-16-24-44)40-41-56-64(61)52-42-47(49(9-3)62-50-26-17-19-29-58(50)67-57(62)10-4)36-39-53(52)66(56)55-28-21-31-60-63(55)51-27-18-20-30-59(51)68-60/h7-31,33-37,39-42,48H,2-3,5,32,38H2,1,4,6H3/b11-7-,22-14-,25-12-,45-33+,57-10+,62-49+. The molecular formula is C64H54N2O2. The van der Waals surface area contributed by atoms with Crippen molar-refractivity contribution in [1.82, 2.24) is 4.57 Å². The van der Waals surface area contributed by atoms with Crippen molar-refractivity contribution in [2.45, 2.75) is 32.7 Å². The van der Waals surface area contributed by atoms with Gasteiger partial charge in [-0.3, -0.25) is 0 Å². The van der Waals surface area contributed by atoms with E-state index in [4.69, 9.17) is 15.4 Å². The van der Waals surface area contributed by atoms with Gasteiger partial charge in [-0.2, -0.15) is 0 Å². The van der Waals surface area contributed by atoms with Crippen LogP contribution in [0.15, 0.2) is 240 Å². The van der Waals surface area contributed by atoms with Gasteiger partial charge in [0.15, 0.2) is 0 Å². The van der Waals surface area contributed by atoms with Gasteiger partial charge in [-0.25, -0.2) is 0 Å². The maximum absolute atomic E-state index is 6.49. The second-order valence-corrected chi connectivity index (χ2v) is 17.2. The quantitative estimate of drug-likeness (QED) is 0.108. The second kappa shape index (κ2) is 18.9. The van der Waals surface area contributed by atoms with Gasteiger partial charge >= 0.3 is 0 Å². The van der Waals surface area contributed by atoms with Crippen molar-refractivity contribution < 1.29 is 8.83 Å². The van der Waals surface area contributed by atoms with Crippen LogP contribution in [0.5, 0.6) is 0 Å². The number of likely N-dealkylation sites (N-methyl/N-ethyl adjacent to an activating group) is 1. The van der Waals surface area contributed by atoms with Crippen molar-refractivity contribution in [2.75, 3.05) is 11.9 Å². The first-order valence-corrected chi connectivity index (χ1v) is 23.4. The lowest BCUT2D eigenvalue weighted by Gasteiger charge is -2.31. The average Bonchev–Trinajstić information content (AvgIpc) is 4.06. The number of anilines is 1. The van der Waals surface area contributed by atoms with E-state index in [1.807, 2.05) is 68.5 Å². The Morgan fingerprint density at radius 1 is 0.735 bits per heavy atom. The highest BCUT2D eigenvalue weighted by Crippen LogP contribution is 2.45. The van der Waals surface area contributed by atoms with Crippen LogP contribution in [0.25, 0.3) is 77.6 Å². The normalized spacial score (nSPS) is 15.3. The number of benzene rings is 6. The molecule has 4 nitrogen and oxygen atoms in total. The highest BCUT2D eigenvalue weighted by atomic mass is 16.3. The third kappa shape index (κ3) is 7.84. The predicted molar refractivity (Wildman–Crippen MR) is 291 cm³/mol. The fourth-order valence-electron chi connectivity index (χ4n) is 9.95. The van der Waals surface area contributed by atoms with Gasteiger partial charge in [-0.05, 0) is 115 Å². The number of rotatable bonds is 13. The molecule has 3 aromatic heterocycles. The fraction of sp³-hybridized carbons (Fsp3) is 0.0938. The van der Waals surface area contributed by atoms with Crippen LogP contribution in [0, 0.1) is 0 Å². The van der Waals surface area contributed by atoms with E-state index in [0.29, 0.717) is 0 Å². The monoisotopic (exact) mass is 882 g/mol. The molecule has 0 spiro atoms. The van der Waals surface area contributed by atoms with Crippen molar-refractivity contribution in [3.63, 3.8) is 0 Å². The molecule has 1 aliphatic rings. The van der Waals surface area contributed by atoms with E-state index in [2.05, 4.69) is 181 Å². The molecule has 1 atom stereocenters. The topological polar surface area (TPSA) is 34.5 Å². The molecule has 1 aliphatic carbocycles. The van der Waals surface area contributed by atoms with Gasteiger partial charge in [0.2, 0.25) is 0 Å². The summed E-state index contributed by atoms with van der Waals surface area (Å²) in [6, 6.07) is 45.0. The Kier molecular flexibility index (Phi) is 12.1. The predicted octanol–water partition coefficient (Wildman–Crippen LogP) is 15.4. The Morgan fingerprint density at radius 2 is 1.49 bits per heavy atom. The minimum atomic E-state index is 0.0924. The third-order valence-electron chi connectivity index (χ3n) is 13.2. The van der Waals surface area contributed by atoms with E-state index in [-0.39, 0.29) is 6.04 Å². The third-order valence-corrected chi connectivity index (χ3v) is 13.2. The summed E-state index contributed by atoms with van der Waals surface area (Å²) < 4.78 is 15.3. The number of nitrogens with zero attached hydrogens (tertiary/aromatic N) is 2. The van der Waals surface area contributed by atoms with E-state index in [0.717, 1.165) is 112 Å². The Balaban J connectivity index is 1.20. The molecule has 9 aromatic rings. The van der Waals surface area contributed by atoms with E-state index in [1.165, 1.54) is 16.7 Å². The molecule has 0 bridgehead atoms. The van der Waals surface area contributed by atoms with Crippen LogP contribution in [0.1, 0.15) is 37.0 Å². The van der Waals surface area contributed by atoms with Gasteiger partial charge < -0.3 is 18.3 Å². The number of furan rings is 2. The molecule has 68 heavy (non-hydrogen) atoms. The minimum Gasteiger partial charge on any atom is -0.456 e. The molecule has 6 aromatic carbocycles. The number of fused-ring (bicyclic) bond motifs is 7. The van der Waals surface area contributed by atoms with Crippen LogP contribution < -0.4 is 15.5 Å². The molecule has 332 valence electrons. The van der Waals surface area contributed by atoms with Crippen molar-refractivity contribution in [2.24, 2.45) is 0 Å². The second-order valence-electron chi connectivity index (χ2n) is 17.2. The summed E-state index contributed by atoms with van der Waals surface area (Å²) in [6.45, 7) is 17.2. The molecule has 0 saturated heterocycles. The van der Waals surface area contributed by atoms with Crippen molar-refractivity contribution in [1.29, 1.82) is 0 Å². The molecule has 1 unspecified atom stereocenters. The first-order valence-electron chi connectivity index (χ1n) is 23.4. The average molecular weight is 883 g/mol. The van der Waals surface area contributed by atoms with Gasteiger partial charge in [0.05, 0.1) is 28.1 Å². The Hall–Kier alpha value is -8.34. The zero-order valence-electron chi connectivity index (χ0n) is 39.0. The number of hydrogen-bond acceptors (Lipinski definition) is 3. The maximum atomic E-state index is 6.49. The molecular weight excluding hydrogens is 829 g/mol. The lowest BCUT2D eigenvalue weighted by atomic mass is 9.92. The maximum Gasteiger partial charge on any atom is 0.137 e. The fourth-order valence-corrected chi connectivity index (χ4v) is 9.95. The molecule has 3 heterocycles. The van der Waals surface area contributed by atoms with E-state index >= 15 is 0 Å². The zero-order chi connectivity index (χ0) is 46.7. The van der Waals surface area contributed by atoms with Crippen LogP contribution in [0.3, 0.4) is 0 Å². The Labute approximate surface area is 398 Å². The summed E-state index contributed by atoms with van der Waals surface area (Å²) >= 11 is 0. The summed E-state index contributed by atoms with van der Waals surface area (Å²) in [7, 11) is 2.21. The molecule has 0 aliphatic heterocycles. The van der Waals surface area contributed by atoms with Crippen LogP contribution in [-0.2, 0) is 6.42 Å². The first kappa shape index (κ1) is 43.5. The smallest absolute Gasteiger partial charge is 0.137 e. The number of aromatic nitrogens is 1. The molecule has 4 heteroatoms. The summed E-state index contributed by atoms with van der Waals surface area (Å²) in [5.41, 5.74) is 15.4. The van der Waals surface area contributed by atoms with Crippen molar-refractivity contribution in [3.05, 3.63) is 259 Å². The van der Waals surface area contributed by atoms with E-state index < -0.39 is 0 Å². The number of allylic oxidation sites excluding steroid dienone is 13. The van der Waals surface area contributed by atoms with Crippen LogP contribution >= 0.6 is 0 Å². The Bertz CT molecular complexity index is 3780. The summed E-state index contributed by atoms with van der Waals surface area (Å²) in [4.78, 5) is 2.42. The summed E-state index contributed by atoms with van der Waals surface area (Å²) in [6.07, 6.45) is 29.3. The molecule has 0 N–H and O–H groups in total. The number of hydrogen-bond donors (Lipinski definition) is 0. The van der Waals surface area contributed by atoms with Crippen LogP contribution in [-0.4, -0.2) is 17.7 Å². The van der Waals surface area contributed by atoms with Crippen LogP contribution in [0.4, 0.5) is 5.69 Å². The van der Waals surface area contributed by atoms with Crippen LogP contribution in [0.2, 0.25) is 0 Å². The summed E-state index contributed by atoms with van der Waals surface area (Å²) in [5, 5.41) is 6.45. The zero-order valence-corrected chi connectivity index (χ0v) is 39.0. The highest BCUT2D eigenvalue weighted by Gasteiger charge is 2.26. The molecule has 0 saturated carbocycles. The van der Waals surface area contributed by atoms with Crippen molar-refractivity contribution in [3.8, 4) is 5.69 Å². The minimum absolute atomic E-state index is 0.0924. The van der Waals surface area contributed by atoms with Gasteiger partial charge in [-0.15, -0.1) is 0 Å². The van der Waals surface area contributed by atoms with Gasteiger partial charge in [0, 0.05) is 45.1 Å². The van der Waals surface area contributed by atoms with E-state index in [9.17, 15) is 0 Å². The molecule has 0 amide bonds. The SMILES string of the molecule is C=C/C=C\C(=C/Cc1ccccc1)C1=CCC(N(C)c2ccc3c(c2C(=C)/C=C\C=C/C)c2cc(/C(C=C)=c4/c(=C\C)oc5ccccc45)ccc2n3-c2cccc3oc4ccccc4c23)C=C1.